The highest BCUT2D eigenvalue weighted by Crippen LogP contribution is 2.61. The molecule has 3 aliphatic heterocycles. The van der Waals surface area contributed by atoms with Crippen molar-refractivity contribution in [3.63, 3.8) is 0 Å². The van der Waals surface area contributed by atoms with Gasteiger partial charge in [-0.3, -0.25) is 4.90 Å². The number of benzene rings is 8. The Morgan fingerprint density at radius 1 is 0.333 bits per heavy atom. The van der Waals surface area contributed by atoms with Crippen molar-refractivity contribution < 1.29 is 9.47 Å². The third-order valence-corrected chi connectivity index (χ3v) is 10.6. The van der Waals surface area contributed by atoms with Gasteiger partial charge in [-0.2, -0.15) is 0 Å². The van der Waals surface area contributed by atoms with Gasteiger partial charge in [0.25, 0.3) is 0 Å². The van der Waals surface area contributed by atoms with Crippen LogP contribution in [-0.4, -0.2) is 6.71 Å². The molecule has 0 unspecified atom stereocenters. The Labute approximate surface area is 314 Å². The summed E-state index contributed by atoms with van der Waals surface area (Å²) in [5.41, 5.74) is 12.8. The molecule has 0 amide bonds. The molecule has 5 nitrogen and oxygen atoms in total. The fourth-order valence-corrected chi connectivity index (χ4v) is 8.40. The summed E-state index contributed by atoms with van der Waals surface area (Å²) in [5, 5.41) is 0. The molecule has 11 rings (SSSR count). The zero-order valence-corrected chi connectivity index (χ0v) is 29.2. The van der Waals surface area contributed by atoms with Crippen LogP contribution in [0.2, 0.25) is 0 Å². The molecule has 254 valence electrons. The topological polar surface area (TPSA) is 28.2 Å². The van der Waals surface area contributed by atoms with Crippen LogP contribution in [0, 0.1) is 0 Å². The van der Waals surface area contributed by atoms with E-state index in [2.05, 4.69) is 191 Å². The Balaban J connectivity index is 1.22. The van der Waals surface area contributed by atoms with Gasteiger partial charge in [0.2, 0.25) is 6.71 Å². The third kappa shape index (κ3) is 4.74. The van der Waals surface area contributed by atoms with E-state index in [9.17, 15) is 0 Å². The number of rotatable bonds is 7. The van der Waals surface area contributed by atoms with E-state index in [-0.39, 0.29) is 6.71 Å². The molecule has 0 N–H and O–H groups in total. The van der Waals surface area contributed by atoms with Gasteiger partial charge in [-0.05, 0) is 83.7 Å². The molecule has 0 spiro atoms. The van der Waals surface area contributed by atoms with Gasteiger partial charge in [-0.15, -0.1) is 0 Å². The molecule has 8 aromatic rings. The standard InChI is InChI=1S/C48H32BN3O2/c1-6-17-33(18-7-1)49-40-29-38(50(34-19-8-2-9-20-34)35-21-10-3-11-22-35)31-44-46(40)52-47-41(49)30-39(32-45(47)54-43-28-16-27-42(53-44)48(43)52)51(36-23-12-4-13-24-36)37-25-14-5-15-26-37/h1-32H. The lowest BCUT2D eigenvalue weighted by atomic mass is 9.35. The van der Waals surface area contributed by atoms with Crippen LogP contribution in [-0.2, 0) is 0 Å². The van der Waals surface area contributed by atoms with Gasteiger partial charge in [0, 0.05) is 46.3 Å². The van der Waals surface area contributed by atoms with Crippen LogP contribution in [0.3, 0.4) is 0 Å². The lowest BCUT2D eigenvalue weighted by Gasteiger charge is -2.45. The lowest BCUT2D eigenvalue weighted by Crippen LogP contribution is -2.58. The summed E-state index contributed by atoms with van der Waals surface area (Å²) in [6.45, 7) is -0.134. The van der Waals surface area contributed by atoms with Crippen molar-refractivity contribution >= 4 is 74.3 Å². The van der Waals surface area contributed by atoms with Gasteiger partial charge in [0.05, 0.1) is 11.4 Å². The highest BCUT2D eigenvalue weighted by atomic mass is 16.5. The number of nitrogens with zero attached hydrogens (tertiary/aromatic N) is 3. The van der Waals surface area contributed by atoms with E-state index < -0.39 is 0 Å². The summed E-state index contributed by atoms with van der Waals surface area (Å²) in [4.78, 5) is 7.03. The molecule has 3 heterocycles. The molecule has 0 radical (unpaired) electrons. The van der Waals surface area contributed by atoms with E-state index in [0.717, 1.165) is 85.1 Å². The molecule has 54 heavy (non-hydrogen) atoms. The molecule has 6 heteroatoms. The summed E-state index contributed by atoms with van der Waals surface area (Å²) in [7, 11) is 0. The van der Waals surface area contributed by atoms with Gasteiger partial charge in [0.15, 0.2) is 23.0 Å². The minimum atomic E-state index is -0.134. The van der Waals surface area contributed by atoms with Crippen molar-refractivity contribution in [3.8, 4) is 23.0 Å². The predicted molar refractivity (Wildman–Crippen MR) is 222 cm³/mol. The van der Waals surface area contributed by atoms with Crippen LogP contribution >= 0.6 is 0 Å². The normalized spacial score (nSPS) is 12.7. The van der Waals surface area contributed by atoms with Gasteiger partial charge >= 0.3 is 0 Å². The third-order valence-electron chi connectivity index (χ3n) is 10.6. The van der Waals surface area contributed by atoms with Crippen LogP contribution in [0.1, 0.15) is 0 Å². The Morgan fingerprint density at radius 3 is 1.09 bits per heavy atom. The zero-order valence-electron chi connectivity index (χ0n) is 29.2. The molecule has 0 bridgehead atoms. The van der Waals surface area contributed by atoms with Crippen LogP contribution in [0.5, 0.6) is 23.0 Å². The van der Waals surface area contributed by atoms with Crippen molar-refractivity contribution in [2.75, 3.05) is 14.7 Å². The van der Waals surface area contributed by atoms with Crippen molar-refractivity contribution in [2.45, 2.75) is 0 Å². The maximum absolute atomic E-state index is 6.92. The second-order valence-corrected chi connectivity index (χ2v) is 13.8. The first-order chi connectivity index (χ1) is 26.8. The molecule has 3 aliphatic rings. The second kappa shape index (κ2) is 12.2. The molecule has 0 aromatic heterocycles. The Hall–Kier alpha value is -7.18. The van der Waals surface area contributed by atoms with E-state index in [1.807, 2.05) is 18.2 Å². The molecule has 0 aliphatic carbocycles. The smallest absolute Gasteiger partial charge is 0.247 e. The quantitative estimate of drug-likeness (QED) is 0.155. The molecule has 0 fully saturated rings. The predicted octanol–water partition coefficient (Wildman–Crippen LogP) is 11.1. The highest BCUT2D eigenvalue weighted by Gasteiger charge is 2.46. The highest BCUT2D eigenvalue weighted by molar-refractivity contribution is 6.98. The number of ether oxygens (including phenoxy) is 2. The van der Waals surface area contributed by atoms with Crippen LogP contribution in [0.25, 0.3) is 0 Å². The molecule has 0 atom stereocenters. The summed E-state index contributed by atoms with van der Waals surface area (Å²) in [6, 6.07) is 68.3. The maximum Gasteiger partial charge on any atom is 0.247 e. The minimum Gasteiger partial charge on any atom is -0.453 e. The number of hydrogen-bond acceptors (Lipinski definition) is 5. The first kappa shape index (κ1) is 30.5. The van der Waals surface area contributed by atoms with Gasteiger partial charge in [-0.25, -0.2) is 0 Å². The summed E-state index contributed by atoms with van der Waals surface area (Å²) in [6.07, 6.45) is 0. The van der Waals surface area contributed by atoms with Gasteiger partial charge in [0.1, 0.15) is 5.69 Å². The van der Waals surface area contributed by atoms with Crippen molar-refractivity contribution in [1.82, 2.24) is 0 Å². The summed E-state index contributed by atoms with van der Waals surface area (Å²) < 4.78 is 13.8. The molecular weight excluding hydrogens is 661 g/mol. The maximum atomic E-state index is 6.92. The Kier molecular flexibility index (Phi) is 6.89. The summed E-state index contributed by atoms with van der Waals surface area (Å²) in [5.74, 6) is 3.15. The monoisotopic (exact) mass is 693 g/mol. The molecule has 0 saturated carbocycles. The van der Waals surface area contributed by atoms with Crippen LogP contribution in [0.4, 0.5) is 51.2 Å². The first-order valence-corrected chi connectivity index (χ1v) is 18.3. The lowest BCUT2D eigenvalue weighted by molar-refractivity contribution is 0.446. The van der Waals surface area contributed by atoms with E-state index in [0.29, 0.717) is 0 Å². The molecule has 8 aromatic carbocycles. The Morgan fingerprint density at radius 2 is 0.704 bits per heavy atom. The average Bonchev–Trinajstić information content (AvgIpc) is 3.23. The SMILES string of the molecule is c1ccc(B2c3cc(N(c4ccccc4)c4ccccc4)cc4c3N3c5c(cccc5Oc5cc(N(c6ccccc6)c6ccccc6)cc2c53)O4)cc1. The van der Waals surface area contributed by atoms with E-state index >= 15 is 0 Å². The zero-order chi connectivity index (χ0) is 35.6. The van der Waals surface area contributed by atoms with Crippen LogP contribution < -0.4 is 40.6 Å². The fraction of sp³-hybridized carbons (Fsp3) is 0. The number of anilines is 9. The van der Waals surface area contributed by atoms with E-state index in [4.69, 9.17) is 9.47 Å². The minimum absolute atomic E-state index is 0.134. The average molecular weight is 694 g/mol. The van der Waals surface area contributed by atoms with Crippen molar-refractivity contribution in [2.24, 2.45) is 0 Å². The van der Waals surface area contributed by atoms with E-state index in [1.165, 1.54) is 5.46 Å². The fourth-order valence-electron chi connectivity index (χ4n) is 8.40. The van der Waals surface area contributed by atoms with Crippen molar-refractivity contribution in [1.29, 1.82) is 0 Å². The molecule has 0 saturated heterocycles. The largest absolute Gasteiger partial charge is 0.453 e. The molecular formula is C48H32BN3O2. The second-order valence-electron chi connectivity index (χ2n) is 13.8. The first-order valence-electron chi connectivity index (χ1n) is 18.3. The summed E-state index contributed by atoms with van der Waals surface area (Å²) >= 11 is 0. The number of hydrogen-bond donors (Lipinski definition) is 0. The van der Waals surface area contributed by atoms with Crippen LogP contribution in [0.15, 0.2) is 194 Å². The van der Waals surface area contributed by atoms with Gasteiger partial charge in [-0.1, -0.05) is 115 Å². The Bertz CT molecular complexity index is 2430. The van der Waals surface area contributed by atoms with E-state index in [1.54, 1.807) is 0 Å². The number of para-hydroxylation sites is 5. The van der Waals surface area contributed by atoms with Crippen molar-refractivity contribution in [3.05, 3.63) is 194 Å². The van der Waals surface area contributed by atoms with Gasteiger partial charge < -0.3 is 19.3 Å².